The van der Waals surface area contributed by atoms with Gasteiger partial charge in [0.05, 0.1) is 0 Å². The average molecular weight is 425 g/mol. The molecule has 0 bridgehead atoms. The number of nitrogens with zero attached hydrogens (tertiary/aromatic N) is 4. The normalized spacial score (nSPS) is 10.9. The van der Waals surface area contributed by atoms with Crippen LogP contribution in [-0.4, -0.2) is 30.1 Å². The third-order valence-electron chi connectivity index (χ3n) is 4.56. The van der Waals surface area contributed by atoms with Crippen LogP contribution in [0.5, 0.6) is 17.5 Å². The van der Waals surface area contributed by atoms with E-state index in [4.69, 9.17) is 4.74 Å². The van der Waals surface area contributed by atoms with Gasteiger partial charge < -0.3 is 15.2 Å². The van der Waals surface area contributed by atoms with E-state index in [1.165, 1.54) is 14.1 Å². The minimum atomic E-state index is -0.891. The Hall–Kier alpha value is -3.95. The number of aromatic nitrogens is 4. The fourth-order valence-electron chi connectivity index (χ4n) is 2.83. The molecule has 0 unspecified atom stereocenters. The van der Waals surface area contributed by atoms with Crippen LogP contribution >= 0.6 is 0 Å². The zero-order valence-corrected chi connectivity index (χ0v) is 17.8. The van der Waals surface area contributed by atoms with Gasteiger partial charge in [-0.2, -0.15) is 4.98 Å². The van der Waals surface area contributed by atoms with E-state index in [0.717, 1.165) is 14.8 Å². The van der Waals surface area contributed by atoms with Gasteiger partial charge in [0.2, 0.25) is 11.8 Å². The summed E-state index contributed by atoms with van der Waals surface area (Å²) in [6.45, 7) is 5.84. The highest BCUT2D eigenvalue weighted by atomic mass is 16.5. The largest absolute Gasteiger partial charge is 0.494 e. The highest BCUT2D eigenvalue weighted by Gasteiger charge is 2.21. The van der Waals surface area contributed by atoms with Crippen LogP contribution in [0.15, 0.2) is 39.9 Å². The molecule has 10 heteroatoms. The molecular weight excluding hydrogens is 402 g/mol. The average Bonchev–Trinajstić information content (AvgIpc) is 2.72. The van der Waals surface area contributed by atoms with Crippen LogP contribution in [-0.2, 0) is 14.1 Å². The van der Waals surface area contributed by atoms with Crippen LogP contribution in [0.4, 0.5) is 5.69 Å². The van der Waals surface area contributed by atoms with E-state index in [2.05, 4.69) is 15.3 Å². The van der Waals surface area contributed by atoms with E-state index >= 15 is 0 Å². The lowest BCUT2D eigenvalue weighted by Gasteiger charge is -2.12. The molecule has 0 aliphatic carbocycles. The number of carbonyl (C=O) groups is 1. The summed E-state index contributed by atoms with van der Waals surface area (Å²) in [6, 6.07) is 8.13. The number of benzene rings is 1. The van der Waals surface area contributed by atoms with Gasteiger partial charge in [0, 0.05) is 37.5 Å². The Bertz CT molecular complexity index is 1260. The first-order valence-corrected chi connectivity index (χ1v) is 9.52. The van der Waals surface area contributed by atoms with Crippen molar-refractivity contribution in [1.82, 2.24) is 19.1 Å². The van der Waals surface area contributed by atoms with Crippen LogP contribution in [0.3, 0.4) is 0 Å². The molecule has 0 spiro atoms. The number of nitrogens with one attached hydrogen (secondary N) is 1. The minimum Gasteiger partial charge on any atom is -0.494 e. The molecule has 2 N–H and O–H groups in total. The predicted molar refractivity (Wildman–Crippen MR) is 114 cm³/mol. The summed E-state index contributed by atoms with van der Waals surface area (Å²) in [5.74, 6) is 0.193. The van der Waals surface area contributed by atoms with Crippen LogP contribution < -0.4 is 21.3 Å². The summed E-state index contributed by atoms with van der Waals surface area (Å²) in [5.41, 5.74) is -0.993. The lowest BCUT2D eigenvalue weighted by Crippen LogP contribution is -2.40. The summed E-state index contributed by atoms with van der Waals surface area (Å²) in [4.78, 5) is 45.4. The SMILES string of the molecule is Cc1cc(Oc2ccc(NC(=O)c3c(O)n(C)c(=O)n(C)c3=O)cc2)nc(C(C)C)n1. The van der Waals surface area contributed by atoms with Gasteiger partial charge in [0.25, 0.3) is 11.5 Å². The van der Waals surface area contributed by atoms with Gasteiger partial charge in [-0.15, -0.1) is 0 Å². The molecule has 0 aliphatic heterocycles. The second-order valence-corrected chi connectivity index (χ2v) is 7.35. The van der Waals surface area contributed by atoms with Crippen molar-refractivity contribution >= 4 is 11.6 Å². The Labute approximate surface area is 177 Å². The van der Waals surface area contributed by atoms with Gasteiger partial charge >= 0.3 is 5.69 Å². The number of rotatable bonds is 5. The van der Waals surface area contributed by atoms with E-state index in [0.29, 0.717) is 23.1 Å². The number of amides is 1. The summed E-state index contributed by atoms with van der Waals surface area (Å²) >= 11 is 0. The molecule has 2 heterocycles. The van der Waals surface area contributed by atoms with E-state index in [1.807, 2.05) is 20.8 Å². The van der Waals surface area contributed by atoms with Gasteiger partial charge in [-0.1, -0.05) is 13.8 Å². The molecule has 0 saturated carbocycles. The minimum absolute atomic E-state index is 0.154. The Morgan fingerprint density at radius 1 is 1.10 bits per heavy atom. The molecule has 1 aromatic carbocycles. The van der Waals surface area contributed by atoms with Gasteiger partial charge in [-0.3, -0.25) is 18.7 Å². The zero-order valence-electron chi connectivity index (χ0n) is 17.8. The number of ether oxygens (including phenoxy) is 1. The zero-order chi connectivity index (χ0) is 22.9. The smallest absolute Gasteiger partial charge is 0.333 e. The molecule has 3 aromatic rings. The first kappa shape index (κ1) is 21.8. The van der Waals surface area contributed by atoms with Gasteiger partial charge in [-0.05, 0) is 31.2 Å². The molecule has 162 valence electrons. The molecule has 1 amide bonds. The predicted octanol–water partition coefficient (Wildman–Crippen LogP) is 2.06. The second-order valence-electron chi connectivity index (χ2n) is 7.35. The topological polar surface area (TPSA) is 128 Å². The second kappa shape index (κ2) is 8.42. The quantitative estimate of drug-likeness (QED) is 0.640. The van der Waals surface area contributed by atoms with Crippen molar-refractivity contribution in [2.75, 3.05) is 5.32 Å². The summed E-state index contributed by atoms with van der Waals surface area (Å²) in [7, 11) is 2.49. The Morgan fingerprint density at radius 3 is 2.35 bits per heavy atom. The molecule has 0 fully saturated rings. The van der Waals surface area contributed by atoms with E-state index in [9.17, 15) is 19.5 Å². The van der Waals surface area contributed by atoms with E-state index < -0.39 is 28.6 Å². The maximum atomic E-state index is 12.5. The van der Waals surface area contributed by atoms with Crippen molar-refractivity contribution in [2.45, 2.75) is 26.7 Å². The van der Waals surface area contributed by atoms with Crippen molar-refractivity contribution in [3.63, 3.8) is 0 Å². The Morgan fingerprint density at radius 2 is 1.74 bits per heavy atom. The lowest BCUT2D eigenvalue weighted by molar-refractivity contribution is 0.102. The van der Waals surface area contributed by atoms with Crippen molar-refractivity contribution in [2.24, 2.45) is 14.1 Å². The summed E-state index contributed by atoms with van der Waals surface area (Å²) < 4.78 is 7.35. The molecule has 0 aliphatic rings. The number of hydrogen-bond acceptors (Lipinski definition) is 7. The molecule has 31 heavy (non-hydrogen) atoms. The van der Waals surface area contributed by atoms with Crippen LogP contribution in [0, 0.1) is 6.92 Å². The molecule has 3 rings (SSSR count). The lowest BCUT2D eigenvalue weighted by atomic mass is 10.2. The summed E-state index contributed by atoms with van der Waals surface area (Å²) in [5, 5.41) is 12.6. The van der Waals surface area contributed by atoms with Gasteiger partial charge in [0.15, 0.2) is 5.56 Å². The maximum Gasteiger partial charge on any atom is 0.333 e. The number of anilines is 1. The number of hydrogen-bond donors (Lipinski definition) is 2. The third-order valence-corrected chi connectivity index (χ3v) is 4.56. The van der Waals surface area contributed by atoms with Crippen molar-refractivity contribution < 1.29 is 14.6 Å². The fraction of sp³-hybridized carbons (Fsp3) is 0.286. The molecule has 0 saturated heterocycles. The van der Waals surface area contributed by atoms with Crippen LogP contribution in [0.25, 0.3) is 0 Å². The molecule has 0 radical (unpaired) electrons. The van der Waals surface area contributed by atoms with Crippen molar-refractivity contribution in [3.8, 4) is 17.5 Å². The maximum absolute atomic E-state index is 12.5. The third kappa shape index (κ3) is 4.47. The van der Waals surface area contributed by atoms with Crippen molar-refractivity contribution in [1.29, 1.82) is 0 Å². The van der Waals surface area contributed by atoms with E-state index in [1.54, 1.807) is 30.3 Å². The molecular formula is C21H23N5O5. The van der Waals surface area contributed by atoms with E-state index in [-0.39, 0.29) is 5.92 Å². The Balaban J connectivity index is 1.80. The van der Waals surface area contributed by atoms with Gasteiger partial charge in [0.1, 0.15) is 11.6 Å². The monoisotopic (exact) mass is 425 g/mol. The molecule has 2 aromatic heterocycles. The number of carbonyl (C=O) groups excluding carboxylic acids is 1. The van der Waals surface area contributed by atoms with Crippen molar-refractivity contribution in [3.05, 3.63) is 68.3 Å². The number of aromatic hydroxyl groups is 1. The Kier molecular flexibility index (Phi) is 5.91. The first-order valence-electron chi connectivity index (χ1n) is 9.52. The highest BCUT2D eigenvalue weighted by Crippen LogP contribution is 2.24. The standard InChI is InChI=1S/C21H23N5O5/c1-11(2)17-22-12(3)10-15(24-17)31-14-8-6-13(7-9-14)23-18(27)16-19(28)25(4)21(30)26(5)20(16)29/h6-11,28H,1-5H3,(H,23,27). The number of aryl methyl sites for hydroxylation is 1. The fourth-order valence-corrected chi connectivity index (χ4v) is 2.83. The summed E-state index contributed by atoms with van der Waals surface area (Å²) in [6.07, 6.45) is 0. The van der Waals surface area contributed by atoms with Crippen LogP contribution in [0.1, 0.15) is 41.6 Å². The molecule has 0 atom stereocenters. The highest BCUT2D eigenvalue weighted by molar-refractivity contribution is 6.05. The first-order chi connectivity index (χ1) is 14.6. The molecule has 10 nitrogen and oxygen atoms in total. The van der Waals surface area contributed by atoms with Crippen LogP contribution in [0.2, 0.25) is 0 Å². The van der Waals surface area contributed by atoms with Gasteiger partial charge in [-0.25, -0.2) is 9.78 Å².